The molecule has 0 aliphatic carbocycles. The molecule has 114 valence electrons. The van der Waals surface area contributed by atoms with Gasteiger partial charge >= 0.3 is 0 Å². The number of hydrogen-bond donors (Lipinski definition) is 1. The first-order valence-electron chi connectivity index (χ1n) is 6.62. The third-order valence-corrected chi connectivity index (χ3v) is 2.92. The van der Waals surface area contributed by atoms with Crippen molar-refractivity contribution in [1.82, 2.24) is 20.3 Å². The van der Waals surface area contributed by atoms with Crippen molar-refractivity contribution in [3.05, 3.63) is 70.3 Å². The van der Waals surface area contributed by atoms with Crippen LogP contribution in [0.1, 0.15) is 5.56 Å². The van der Waals surface area contributed by atoms with Crippen molar-refractivity contribution in [2.45, 2.75) is 0 Å². The monoisotopic (exact) mass is 309 g/mol. The summed E-state index contributed by atoms with van der Waals surface area (Å²) >= 11 is 0. The van der Waals surface area contributed by atoms with E-state index in [1.807, 2.05) is 30.3 Å². The second-order valence-corrected chi connectivity index (χ2v) is 4.44. The molecule has 1 aromatic heterocycles. The molecule has 0 aliphatic rings. The van der Waals surface area contributed by atoms with Crippen LogP contribution in [0.4, 0.5) is 17.3 Å². The van der Waals surface area contributed by atoms with Crippen molar-refractivity contribution in [2.75, 3.05) is 5.32 Å². The number of nitrogens with zero attached hydrogens (tertiary/aromatic N) is 6. The summed E-state index contributed by atoms with van der Waals surface area (Å²) in [7, 11) is 0. The number of hydrogen-bond acceptors (Lipinski definition) is 7. The van der Waals surface area contributed by atoms with Crippen LogP contribution in [0, 0.1) is 10.1 Å². The van der Waals surface area contributed by atoms with Crippen molar-refractivity contribution >= 4 is 23.5 Å². The highest BCUT2D eigenvalue weighted by Crippen LogP contribution is 2.16. The fourth-order valence-electron chi connectivity index (χ4n) is 1.87. The highest BCUT2D eigenvalue weighted by molar-refractivity contribution is 5.85. The normalized spacial score (nSPS) is 10.8. The summed E-state index contributed by atoms with van der Waals surface area (Å²) in [5.41, 5.74) is 1.12. The molecule has 2 aromatic carbocycles. The molecule has 3 aromatic rings. The molecular weight excluding hydrogens is 298 g/mol. The van der Waals surface area contributed by atoms with Crippen LogP contribution >= 0.6 is 0 Å². The first-order chi connectivity index (χ1) is 11.2. The zero-order valence-electron chi connectivity index (χ0n) is 11.8. The number of aromatic nitrogens is 4. The topological polar surface area (TPSA) is 111 Å². The second-order valence-electron chi connectivity index (χ2n) is 4.44. The lowest BCUT2D eigenvalue weighted by atomic mass is 10.2. The van der Waals surface area contributed by atoms with Crippen LogP contribution in [0.15, 0.2) is 59.7 Å². The van der Waals surface area contributed by atoms with E-state index < -0.39 is 4.92 Å². The van der Waals surface area contributed by atoms with Gasteiger partial charge in [-0.15, -0.1) is 0 Å². The van der Waals surface area contributed by atoms with E-state index in [9.17, 15) is 10.1 Å². The van der Waals surface area contributed by atoms with Crippen LogP contribution in [0.25, 0.3) is 0 Å². The number of nitrogens with one attached hydrogen (secondary N) is 1. The van der Waals surface area contributed by atoms with E-state index in [4.69, 9.17) is 0 Å². The van der Waals surface area contributed by atoms with Crippen LogP contribution in [0.3, 0.4) is 0 Å². The lowest BCUT2D eigenvalue weighted by molar-refractivity contribution is -0.385. The van der Waals surface area contributed by atoms with Gasteiger partial charge in [0.15, 0.2) is 0 Å². The number of rotatable bonds is 5. The largest absolute Gasteiger partial charge is 0.321 e. The lowest BCUT2D eigenvalue weighted by Gasteiger charge is -2.02. The third-order valence-electron chi connectivity index (χ3n) is 2.92. The molecule has 0 atom stereocenters. The van der Waals surface area contributed by atoms with Crippen molar-refractivity contribution in [1.29, 1.82) is 0 Å². The van der Waals surface area contributed by atoms with Crippen molar-refractivity contribution in [3.63, 3.8) is 0 Å². The molecule has 1 N–H and O–H groups in total. The first kappa shape index (κ1) is 14.3. The second kappa shape index (κ2) is 6.43. The van der Waals surface area contributed by atoms with Gasteiger partial charge in [-0.1, -0.05) is 40.2 Å². The zero-order chi connectivity index (χ0) is 16.1. The molecule has 23 heavy (non-hydrogen) atoms. The Bertz CT molecular complexity index is 845. The molecule has 0 spiro atoms. The van der Waals surface area contributed by atoms with Gasteiger partial charge in [0.1, 0.15) is 0 Å². The smallest absolute Gasteiger partial charge is 0.278 e. The molecule has 0 bridgehead atoms. The van der Waals surface area contributed by atoms with Crippen molar-refractivity contribution in [3.8, 4) is 0 Å². The standard InChI is InChI=1S/C14H11N7O2/c22-21(23)13-9-5-4-6-11(13)10-15-20-14(17-18-19-20)16-12-7-2-1-3-8-12/h1-10H,(H,16,17,19)/b15-10+. The number of nitro groups is 1. The van der Waals surface area contributed by atoms with Gasteiger partial charge < -0.3 is 5.32 Å². The van der Waals surface area contributed by atoms with Gasteiger partial charge in [-0.05, 0) is 28.6 Å². The van der Waals surface area contributed by atoms with Gasteiger partial charge in [0, 0.05) is 11.8 Å². The molecule has 3 rings (SSSR count). The lowest BCUT2D eigenvalue weighted by Crippen LogP contribution is -2.02. The number of benzene rings is 2. The summed E-state index contributed by atoms with van der Waals surface area (Å²) in [4.78, 5) is 11.7. The predicted molar refractivity (Wildman–Crippen MR) is 83.6 cm³/mol. The summed E-state index contributed by atoms with van der Waals surface area (Å²) in [6, 6.07) is 15.6. The Hall–Kier alpha value is -3.62. The van der Waals surface area contributed by atoms with Crippen LogP contribution in [-0.4, -0.2) is 31.5 Å². The Kier molecular flexibility index (Phi) is 4.01. The van der Waals surface area contributed by atoms with Gasteiger partial charge in [0.25, 0.3) is 11.6 Å². The maximum absolute atomic E-state index is 11.0. The quantitative estimate of drug-likeness (QED) is 0.439. The molecule has 0 unspecified atom stereocenters. The van der Waals surface area contributed by atoms with Crippen LogP contribution in [-0.2, 0) is 0 Å². The van der Waals surface area contributed by atoms with Crippen LogP contribution in [0.2, 0.25) is 0 Å². The summed E-state index contributed by atoms with van der Waals surface area (Å²) in [5.74, 6) is 0.297. The number of anilines is 2. The molecule has 0 saturated heterocycles. The summed E-state index contributed by atoms with van der Waals surface area (Å²) in [5, 5.41) is 29.1. The Morgan fingerprint density at radius 3 is 2.65 bits per heavy atom. The maximum Gasteiger partial charge on any atom is 0.278 e. The first-order valence-corrected chi connectivity index (χ1v) is 6.62. The van der Waals surface area contributed by atoms with Gasteiger partial charge in [-0.2, -0.15) is 5.10 Å². The van der Waals surface area contributed by atoms with E-state index in [0.717, 1.165) is 10.5 Å². The van der Waals surface area contributed by atoms with E-state index in [1.165, 1.54) is 12.3 Å². The molecule has 0 radical (unpaired) electrons. The minimum absolute atomic E-state index is 0.0399. The van der Waals surface area contributed by atoms with E-state index in [-0.39, 0.29) is 5.69 Å². The van der Waals surface area contributed by atoms with E-state index in [0.29, 0.717) is 11.5 Å². The molecule has 9 heteroatoms. The van der Waals surface area contributed by atoms with Crippen LogP contribution in [0.5, 0.6) is 0 Å². The minimum Gasteiger partial charge on any atom is -0.321 e. The number of tetrazole rings is 1. The van der Waals surface area contributed by atoms with Crippen molar-refractivity contribution < 1.29 is 4.92 Å². The highest BCUT2D eigenvalue weighted by atomic mass is 16.6. The van der Waals surface area contributed by atoms with E-state index in [2.05, 4.69) is 25.9 Å². The summed E-state index contributed by atoms with van der Waals surface area (Å²) in [6.07, 6.45) is 1.34. The van der Waals surface area contributed by atoms with Gasteiger partial charge in [0.05, 0.1) is 16.7 Å². The fourth-order valence-corrected chi connectivity index (χ4v) is 1.87. The zero-order valence-corrected chi connectivity index (χ0v) is 11.8. The average molecular weight is 309 g/mol. The molecule has 0 saturated carbocycles. The van der Waals surface area contributed by atoms with E-state index >= 15 is 0 Å². The Morgan fingerprint density at radius 2 is 1.87 bits per heavy atom. The third kappa shape index (κ3) is 3.35. The Morgan fingerprint density at radius 1 is 1.13 bits per heavy atom. The van der Waals surface area contributed by atoms with Crippen molar-refractivity contribution in [2.24, 2.45) is 5.10 Å². The average Bonchev–Trinajstić information content (AvgIpc) is 3.01. The van der Waals surface area contributed by atoms with Crippen LogP contribution < -0.4 is 5.32 Å². The van der Waals surface area contributed by atoms with Gasteiger partial charge in [-0.3, -0.25) is 10.1 Å². The Labute approximate surface area is 130 Å². The van der Waals surface area contributed by atoms with E-state index in [1.54, 1.807) is 18.2 Å². The number of nitro benzene ring substituents is 1. The molecule has 0 fully saturated rings. The molecule has 9 nitrogen and oxygen atoms in total. The summed E-state index contributed by atoms with van der Waals surface area (Å²) < 4.78 is 0. The fraction of sp³-hybridized carbons (Fsp3) is 0. The number of para-hydroxylation sites is 2. The van der Waals surface area contributed by atoms with Gasteiger partial charge in [-0.25, -0.2) is 0 Å². The SMILES string of the molecule is O=[N+]([O-])c1ccccc1/C=N/n1nnnc1Nc1ccccc1. The minimum atomic E-state index is -0.468. The molecular formula is C14H11N7O2. The molecule has 1 heterocycles. The molecule has 0 amide bonds. The van der Waals surface area contributed by atoms with Gasteiger partial charge in [0.2, 0.25) is 0 Å². The maximum atomic E-state index is 11.0. The highest BCUT2D eigenvalue weighted by Gasteiger charge is 2.11. The molecule has 0 aliphatic heterocycles. The summed E-state index contributed by atoms with van der Waals surface area (Å²) in [6.45, 7) is 0. The predicted octanol–water partition coefficient (Wildman–Crippen LogP) is 2.21. The Balaban J connectivity index is 1.85.